The van der Waals surface area contributed by atoms with E-state index in [2.05, 4.69) is 32.9 Å². The van der Waals surface area contributed by atoms with Crippen LogP contribution < -0.4 is 0 Å². The molecule has 0 saturated heterocycles. The third-order valence-electron chi connectivity index (χ3n) is 13.0. The van der Waals surface area contributed by atoms with Crippen molar-refractivity contribution in [3.8, 4) is 0 Å². The van der Waals surface area contributed by atoms with Crippen molar-refractivity contribution in [1.29, 1.82) is 0 Å². The van der Waals surface area contributed by atoms with Gasteiger partial charge in [0.2, 0.25) is 0 Å². The molecule has 64 heavy (non-hydrogen) atoms. The fraction of sp³-hybridized carbons (Fsp3) is 0.914. The van der Waals surface area contributed by atoms with Crippen LogP contribution in [0.3, 0.4) is 0 Å². The van der Waals surface area contributed by atoms with Gasteiger partial charge < -0.3 is 14.2 Å². The van der Waals surface area contributed by atoms with Gasteiger partial charge in [0.15, 0.2) is 6.10 Å². The number of unbranched alkanes of at least 4 members (excludes halogenated alkanes) is 40. The highest BCUT2D eigenvalue weighted by molar-refractivity contribution is 5.71. The Labute approximate surface area is 399 Å². The van der Waals surface area contributed by atoms with Crippen LogP contribution >= 0.6 is 0 Å². The third kappa shape index (κ3) is 51.1. The molecule has 0 spiro atoms. The van der Waals surface area contributed by atoms with Crippen molar-refractivity contribution in [2.75, 3.05) is 13.2 Å². The Balaban J connectivity index is 4.30. The third-order valence-corrected chi connectivity index (χ3v) is 13.0. The van der Waals surface area contributed by atoms with Crippen LogP contribution in [0.2, 0.25) is 0 Å². The number of carbonyl (C=O) groups excluding carboxylic acids is 3. The van der Waals surface area contributed by atoms with Crippen molar-refractivity contribution >= 4 is 17.9 Å². The normalized spacial score (nSPS) is 12.0. The molecular weight excluding hydrogens is 793 g/mol. The molecule has 0 N–H and O–H groups in total. The van der Waals surface area contributed by atoms with Gasteiger partial charge in [-0.05, 0) is 44.9 Å². The molecule has 0 unspecified atom stereocenters. The number of esters is 3. The van der Waals surface area contributed by atoms with Gasteiger partial charge in [0.05, 0.1) is 0 Å². The Morgan fingerprint density at radius 2 is 0.516 bits per heavy atom. The molecule has 0 saturated carbocycles. The molecule has 0 aromatic rings. The summed E-state index contributed by atoms with van der Waals surface area (Å²) < 4.78 is 16.9. The van der Waals surface area contributed by atoms with Crippen LogP contribution in [0.1, 0.15) is 323 Å². The van der Waals surface area contributed by atoms with Gasteiger partial charge in [0, 0.05) is 19.3 Å². The van der Waals surface area contributed by atoms with E-state index in [1.807, 2.05) is 0 Å². The summed E-state index contributed by atoms with van der Waals surface area (Å²) in [5.41, 5.74) is 0. The molecule has 0 bridgehead atoms. The molecule has 0 amide bonds. The average Bonchev–Trinajstić information content (AvgIpc) is 3.29. The van der Waals surface area contributed by atoms with Gasteiger partial charge in [0.25, 0.3) is 0 Å². The minimum Gasteiger partial charge on any atom is -0.462 e. The SMILES string of the molecule is CCCCCC/C=C\CCCCCCCC(=O)OC[C@H](COC(=O)CCCCCCCCCCCCCCCCCCC)OC(=O)CCCCCCCCCCCCCCCCCC. The molecule has 0 fully saturated rings. The Hall–Kier alpha value is -1.85. The van der Waals surface area contributed by atoms with Gasteiger partial charge >= 0.3 is 17.9 Å². The van der Waals surface area contributed by atoms with E-state index < -0.39 is 6.10 Å². The van der Waals surface area contributed by atoms with Crippen LogP contribution in [0.4, 0.5) is 0 Å². The van der Waals surface area contributed by atoms with Crippen LogP contribution in [-0.4, -0.2) is 37.2 Å². The summed E-state index contributed by atoms with van der Waals surface area (Å²) in [5, 5.41) is 0. The number of hydrogen-bond donors (Lipinski definition) is 0. The number of carbonyl (C=O) groups is 3. The molecule has 0 rings (SSSR count). The molecule has 0 heterocycles. The average molecular weight is 904 g/mol. The van der Waals surface area contributed by atoms with Gasteiger partial charge in [-0.15, -0.1) is 0 Å². The summed E-state index contributed by atoms with van der Waals surface area (Å²) in [6.45, 7) is 6.67. The standard InChI is InChI=1S/C58H110O6/c1-4-7-10-13-16-19-22-25-27-29-31-33-36-39-42-45-48-51-57(60)63-54-55(53-62-56(59)50-47-44-41-38-35-32-24-21-18-15-12-9-6-3)64-58(61)52-49-46-43-40-37-34-30-28-26-23-20-17-14-11-8-5-2/h21,24,55H,4-20,22-23,25-54H2,1-3H3/b24-21-/t55-/m1/s1. The molecule has 0 aromatic carbocycles. The summed E-state index contributed by atoms with van der Waals surface area (Å²) >= 11 is 0. The van der Waals surface area contributed by atoms with E-state index in [-0.39, 0.29) is 31.1 Å². The number of allylic oxidation sites excluding steroid dienone is 2. The van der Waals surface area contributed by atoms with Crippen molar-refractivity contribution in [3.63, 3.8) is 0 Å². The van der Waals surface area contributed by atoms with E-state index in [9.17, 15) is 14.4 Å². The molecule has 0 aromatic heterocycles. The second-order valence-corrected chi connectivity index (χ2v) is 19.6. The fourth-order valence-electron chi connectivity index (χ4n) is 8.68. The first kappa shape index (κ1) is 62.1. The first-order valence-corrected chi connectivity index (χ1v) is 28.7. The predicted octanol–water partition coefficient (Wildman–Crippen LogP) is 18.9. The highest BCUT2D eigenvalue weighted by Gasteiger charge is 2.19. The molecule has 0 radical (unpaired) electrons. The van der Waals surface area contributed by atoms with E-state index in [0.717, 1.165) is 64.2 Å². The molecule has 6 heteroatoms. The monoisotopic (exact) mass is 903 g/mol. The first-order valence-electron chi connectivity index (χ1n) is 28.7. The second kappa shape index (κ2) is 53.8. The molecule has 0 aliphatic heterocycles. The van der Waals surface area contributed by atoms with E-state index in [4.69, 9.17) is 14.2 Å². The topological polar surface area (TPSA) is 78.9 Å². The van der Waals surface area contributed by atoms with E-state index in [1.165, 1.54) is 218 Å². The number of hydrogen-bond acceptors (Lipinski definition) is 6. The van der Waals surface area contributed by atoms with Crippen LogP contribution in [0.15, 0.2) is 12.2 Å². The second-order valence-electron chi connectivity index (χ2n) is 19.6. The first-order chi connectivity index (χ1) is 31.5. The summed E-state index contributed by atoms with van der Waals surface area (Å²) in [6.07, 6.45) is 60.5. The highest BCUT2D eigenvalue weighted by Crippen LogP contribution is 2.17. The number of ether oxygens (including phenoxy) is 3. The largest absolute Gasteiger partial charge is 0.462 e. The summed E-state index contributed by atoms with van der Waals surface area (Å²) in [6, 6.07) is 0. The zero-order chi connectivity index (χ0) is 46.5. The van der Waals surface area contributed by atoms with Crippen molar-refractivity contribution < 1.29 is 28.6 Å². The molecule has 0 aliphatic carbocycles. The lowest BCUT2D eigenvalue weighted by molar-refractivity contribution is -0.167. The summed E-state index contributed by atoms with van der Waals surface area (Å²) in [4.78, 5) is 38.1. The van der Waals surface area contributed by atoms with Crippen LogP contribution in [0.5, 0.6) is 0 Å². The quantitative estimate of drug-likeness (QED) is 0.0262. The van der Waals surface area contributed by atoms with Crippen LogP contribution in [0, 0.1) is 0 Å². The minimum atomic E-state index is -0.767. The summed E-state index contributed by atoms with van der Waals surface area (Å²) in [7, 11) is 0. The van der Waals surface area contributed by atoms with E-state index in [1.54, 1.807) is 0 Å². The van der Waals surface area contributed by atoms with Gasteiger partial charge in [-0.25, -0.2) is 0 Å². The van der Waals surface area contributed by atoms with E-state index >= 15 is 0 Å². The number of rotatable bonds is 53. The Kier molecular flexibility index (Phi) is 52.2. The zero-order valence-electron chi connectivity index (χ0n) is 43.3. The fourth-order valence-corrected chi connectivity index (χ4v) is 8.68. The van der Waals surface area contributed by atoms with Crippen LogP contribution in [-0.2, 0) is 28.6 Å². The maximum Gasteiger partial charge on any atom is 0.306 e. The lowest BCUT2D eigenvalue weighted by Crippen LogP contribution is -2.30. The maximum absolute atomic E-state index is 12.8. The highest BCUT2D eigenvalue weighted by atomic mass is 16.6. The van der Waals surface area contributed by atoms with Gasteiger partial charge in [0.1, 0.15) is 13.2 Å². The molecule has 1 atom stereocenters. The van der Waals surface area contributed by atoms with Crippen molar-refractivity contribution in [2.24, 2.45) is 0 Å². The van der Waals surface area contributed by atoms with E-state index in [0.29, 0.717) is 19.3 Å². The van der Waals surface area contributed by atoms with Gasteiger partial charge in [-0.2, -0.15) is 0 Å². The Bertz CT molecular complexity index is 993. The lowest BCUT2D eigenvalue weighted by Gasteiger charge is -2.18. The lowest BCUT2D eigenvalue weighted by atomic mass is 10.0. The molecule has 0 aliphatic rings. The van der Waals surface area contributed by atoms with Gasteiger partial charge in [-0.3, -0.25) is 14.4 Å². The van der Waals surface area contributed by atoms with Crippen molar-refractivity contribution in [2.45, 2.75) is 329 Å². The smallest absolute Gasteiger partial charge is 0.306 e. The van der Waals surface area contributed by atoms with Gasteiger partial charge in [-0.1, -0.05) is 270 Å². The minimum absolute atomic E-state index is 0.0665. The summed E-state index contributed by atoms with van der Waals surface area (Å²) in [5.74, 6) is -0.852. The Morgan fingerprint density at radius 1 is 0.297 bits per heavy atom. The molecule has 378 valence electrons. The van der Waals surface area contributed by atoms with Crippen molar-refractivity contribution in [1.82, 2.24) is 0 Å². The predicted molar refractivity (Wildman–Crippen MR) is 275 cm³/mol. The molecular formula is C58H110O6. The molecule has 6 nitrogen and oxygen atoms in total. The Morgan fingerprint density at radius 3 is 0.797 bits per heavy atom. The van der Waals surface area contributed by atoms with Crippen molar-refractivity contribution in [3.05, 3.63) is 12.2 Å². The zero-order valence-corrected chi connectivity index (χ0v) is 43.3. The van der Waals surface area contributed by atoms with Crippen LogP contribution in [0.25, 0.3) is 0 Å². The maximum atomic E-state index is 12.8.